The highest BCUT2D eigenvalue weighted by atomic mass is 35.5. The molecule has 1 aromatic carbocycles. The Hall–Kier alpha value is -1.23. The van der Waals surface area contributed by atoms with Crippen molar-refractivity contribution in [1.29, 1.82) is 0 Å². The van der Waals surface area contributed by atoms with E-state index in [1.54, 1.807) is 14.2 Å². The van der Waals surface area contributed by atoms with Crippen LogP contribution in [-0.2, 0) is 11.3 Å². The van der Waals surface area contributed by atoms with Crippen LogP contribution in [0.5, 0.6) is 11.5 Å². The van der Waals surface area contributed by atoms with Crippen LogP contribution in [0.1, 0.15) is 5.56 Å². The summed E-state index contributed by atoms with van der Waals surface area (Å²) in [5, 5.41) is 3.73. The van der Waals surface area contributed by atoms with Gasteiger partial charge in [-0.15, -0.1) is 0 Å². The van der Waals surface area contributed by atoms with Crippen LogP contribution in [0.3, 0.4) is 0 Å². The normalized spacial score (nSPS) is 10.3. The molecule has 0 saturated heterocycles. The first-order chi connectivity index (χ1) is 9.17. The maximum atomic E-state index is 5.72. The number of nitrogens with one attached hydrogen (secondary N) is 1. The van der Waals surface area contributed by atoms with Crippen LogP contribution in [0.15, 0.2) is 29.8 Å². The molecule has 0 amide bonds. The van der Waals surface area contributed by atoms with Crippen molar-refractivity contribution in [1.82, 2.24) is 5.32 Å². The zero-order valence-corrected chi connectivity index (χ0v) is 12.1. The molecule has 1 rings (SSSR count). The fraction of sp³-hybridized carbons (Fsp3) is 0.429. The number of rotatable bonds is 9. The molecule has 0 aliphatic rings. The van der Waals surface area contributed by atoms with E-state index in [0.717, 1.165) is 23.6 Å². The lowest BCUT2D eigenvalue weighted by Gasteiger charge is -2.13. The second-order valence-corrected chi connectivity index (χ2v) is 4.48. The number of hydrogen-bond acceptors (Lipinski definition) is 4. The Morgan fingerprint density at radius 2 is 2.16 bits per heavy atom. The summed E-state index contributed by atoms with van der Waals surface area (Å²) in [5.41, 5.74) is 1.04. The van der Waals surface area contributed by atoms with Crippen molar-refractivity contribution in [3.63, 3.8) is 0 Å². The predicted octanol–water partition coefficient (Wildman–Crippen LogP) is 2.56. The third-order valence-corrected chi connectivity index (χ3v) is 2.57. The van der Waals surface area contributed by atoms with E-state index >= 15 is 0 Å². The summed E-state index contributed by atoms with van der Waals surface area (Å²) in [6, 6.07) is 5.70. The van der Waals surface area contributed by atoms with Gasteiger partial charge in [-0.2, -0.15) is 0 Å². The molecule has 0 spiro atoms. The summed E-state index contributed by atoms with van der Waals surface area (Å²) in [4.78, 5) is 0. The van der Waals surface area contributed by atoms with Crippen LogP contribution in [-0.4, -0.2) is 34.0 Å². The molecule has 5 heteroatoms. The van der Waals surface area contributed by atoms with E-state index in [1.165, 1.54) is 0 Å². The fourth-order valence-electron chi connectivity index (χ4n) is 1.50. The number of ether oxygens (including phenoxy) is 3. The standard InChI is InChI=1S/C14H20ClNO3/c1-11(15)10-19-14-8-13(18-3)5-4-12(14)9-16-6-7-17-2/h4-5,8,16H,1,6-7,9-10H2,2-3H3. The summed E-state index contributed by atoms with van der Waals surface area (Å²) in [5.74, 6) is 1.49. The van der Waals surface area contributed by atoms with E-state index in [1.807, 2.05) is 18.2 Å². The Morgan fingerprint density at radius 3 is 2.79 bits per heavy atom. The third-order valence-electron chi connectivity index (χ3n) is 2.46. The van der Waals surface area contributed by atoms with Crippen molar-refractivity contribution in [3.8, 4) is 11.5 Å². The summed E-state index contributed by atoms with van der Waals surface area (Å²) in [6.45, 7) is 6.03. The summed E-state index contributed by atoms with van der Waals surface area (Å²) in [7, 11) is 3.30. The van der Waals surface area contributed by atoms with Gasteiger partial charge in [0.25, 0.3) is 0 Å². The lowest BCUT2D eigenvalue weighted by molar-refractivity contribution is 0.199. The number of methoxy groups -OCH3 is 2. The molecule has 0 bridgehead atoms. The highest BCUT2D eigenvalue weighted by Crippen LogP contribution is 2.25. The lowest BCUT2D eigenvalue weighted by atomic mass is 10.2. The second-order valence-electron chi connectivity index (χ2n) is 3.95. The monoisotopic (exact) mass is 285 g/mol. The molecule has 4 nitrogen and oxygen atoms in total. The summed E-state index contributed by atoms with van der Waals surface area (Å²) < 4.78 is 15.8. The molecule has 0 atom stereocenters. The van der Waals surface area contributed by atoms with Crippen LogP contribution in [0, 0.1) is 0 Å². The molecule has 0 radical (unpaired) electrons. The van der Waals surface area contributed by atoms with Crippen molar-refractivity contribution < 1.29 is 14.2 Å². The molecular formula is C14H20ClNO3. The molecule has 19 heavy (non-hydrogen) atoms. The highest BCUT2D eigenvalue weighted by Gasteiger charge is 2.06. The van der Waals surface area contributed by atoms with E-state index in [-0.39, 0.29) is 6.61 Å². The average Bonchev–Trinajstić information content (AvgIpc) is 2.42. The minimum absolute atomic E-state index is 0.278. The van der Waals surface area contributed by atoms with Crippen molar-refractivity contribution in [2.24, 2.45) is 0 Å². The summed E-state index contributed by atoms with van der Waals surface area (Å²) in [6.07, 6.45) is 0. The molecule has 106 valence electrons. The fourth-order valence-corrected chi connectivity index (χ4v) is 1.55. The molecule has 0 unspecified atom stereocenters. The number of hydrogen-bond donors (Lipinski definition) is 1. The highest BCUT2D eigenvalue weighted by molar-refractivity contribution is 6.29. The van der Waals surface area contributed by atoms with E-state index in [9.17, 15) is 0 Å². The Kier molecular flexibility index (Phi) is 7.33. The quantitative estimate of drug-likeness (QED) is 0.708. The zero-order chi connectivity index (χ0) is 14.1. The van der Waals surface area contributed by atoms with Gasteiger partial charge in [0, 0.05) is 36.9 Å². The zero-order valence-electron chi connectivity index (χ0n) is 11.4. The molecule has 1 aromatic rings. The molecule has 0 fully saturated rings. The molecule has 0 aliphatic carbocycles. The van der Waals surface area contributed by atoms with Crippen LogP contribution >= 0.6 is 11.6 Å². The Balaban J connectivity index is 2.68. The van der Waals surface area contributed by atoms with E-state index in [4.69, 9.17) is 25.8 Å². The Labute approximate surface area is 119 Å². The molecule has 0 aromatic heterocycles. The second kappa shape index (κ2) is 8.80. The van der Waals surface area contributed by atoms with Gasteiger partial charge in [-0.1, -0.05) is 24.2 Å². The van der Waals surface area contributed by atoms with Crippen molar-refractivity contribution in [3.05, 3.63) is 35.4 Å². The van der Waals surface area contributed by atoms with Crippen LogP contribution in [0.25, 0.3) is 0 Å². The smallest absolute Gasteiger partial charge is 0.128 e. The Bertz CT molecular complexity index is 410. The largest absolute Gasteiger partial charge is 0.497 e. The molecule has 0 heterocycles. The van der Waals surface area contributed by atoms with Crippen molar-refractivity contribution >= 4 is 11.6 Å². The van der Waals surface area contributed by atoms with Gasteiger partial charge in [-0.25, -0.2) is 0 Å². The molecular weight excluding hydrogens is 266 g/mol. The van der Waals surface area contributed by atoms with Crippen LogP contribution in [0.2, 0.25) is 0 Å². The van der Waals surface area contributed by atoms with Crippen LogP contribution in [0.4, 0.5) is 0 Å². The number of halogens is 1. The molecule has 1 N–H and O–H groups in total. The summed E-state index contributed by atoms with van der Waals surface area (Å²) >= 11 is 5.72. The average molecular weight is 286 g/mol. The molecule has 0 saturated carbocycles. The first-order valence-electron chi connectivity index (χ1n) is 6.00. The van der Waals surface area contributed by atoms with Gasteiger partial charge in [-0.05, 0) is 6.07 Å². The first kappa shape index (κ1) is 15.8. The topological polar surface area (TPSA) is 39.7 Å². The van der Waals surface area contributed by atoms with Gasteiger partial charge in [0.2, 0.25) is 0 Å². The van der Waals surface area contributed by atoms with Crippen LogP contribution < -0.4 is 14.8 Å². The van der Waals surface area contributed by atoms with E-state index in [0.29, 0.717) is 18.2 Å². The van der Waals surface area contributed by atoms with Gasteiger partial charge in [0.1, 0.15) is 18.1 Å². The maximum Gasteiger partial charge on any atom is 0.128 e. The van der Waals surface area contributed by atoms with Gasteiger partial charge in [-0.3, -0.25) is 0 Å². The predicted molar refractivity (Wildman–Crippen MR) is 77.1 cm³/mol. The minimum Gasteiger partial charge on any atom is -0.497 e. The SMILES string of the molecule is C=C(Cl)COc1cc(OC)ccc1CNCCOC. The van der Waals surface area contributed by atoms with Crippen molar-refractivity contribution in [2.45, 2.75) is 6.54 Å². The first-order valence-corrected chi connectivity index (χ1v) is 6.37. The number of benzene rings is 1. The Morgan fingerprint density at radius 1 is 1.37 bits per heavy atom. The third kappa shape index (κ3) is 5.96. The van der Waals surface area contributed by atoms with E-state index < -0.39 is 0 Å². The maximum absolute atomic E-state index is 5.72. The van der Waals surface area contributed by atoms with Gasteiger partial charge < -0.3 is 19.5 Å². The van der Waals surface area contributed by atoms with Gasteiger partial charge >= 0.3 is 0 Å². The van der Waals surface area contributed by atoms with Gasteiger partial charge in [0.15, 0.2) is 0 Å². The van der Waals surface area contributed by atoms with Crippen molar-refractivity contribution in [2.75, 3.05) is 34.0 Å². The minimum atomic E-state index is 0.278. The van der Waals surface area contributed by atoms with E-state index in [2.05, 4.69) is 11.9 Å². The van der Waals surface area contributed by atoms with Gasteiger partial charge in [0.05, 0.1) is 13.7 Å². The lowest BCUT2D eigenvalue weighted by Crippen LogP contribution is -2.19. The molecule has 0 aliphatic heterocycles.